The van der Waals surface area contributed by atoms with E-state index in [-0.39, 0.29) is 18.4 Å². The van der Waals surface area contributed by atoms with Crippen LogP contribution in [0.5, 0.6) is 0 Å². The van der Waals surface area contributed by atoms with E-state index in [1.54, 1.807) is 24.5 Å². The van der Waals surface area contributed by atoms with Gasteiger partial charge in [0, 0.05) is 30.5 Å². The summed E-state index contributed by atoms with van der Waals surface area (Å²) in [5, 5.41) is 0.600. The number of carbonyl (C=O) groups is 2. The molecule has 2 aliphatic rings. The molecule has 1 aromatic carbocycles. The highest BCUT2D eigenvalue weighted by Crippen LogP contribution is 2.35. The summed E-state index contributed by atoms with van der Waals surface area (Å²) in [6.07, 6.45) is 5.37. The van der Waals surface area contributed by atoms with Crippen molar-refractivity contribution in [2.75, 3.05) is 13.1 Å². The fraction of sp³-hybridized carbons (Fsp3) is 0.318. The lowest BCUT2D eigenvalue weighted by Crippen LogP contribution is -2.38. The Labute approximate surface area is 169 Å². The molecule has 6 heteroatoms. The van der Waals surface area contributed by atoms with E-state index in [0.717, 1.165) is 37.1 Å². The Bertz CT molecular complexity index is 917. The fourth-order valence-electron chi connectivity index (χ4n) is 3.78. The molecule has 0 bridgehead atoms. The van der Waals surface area contributed by atoms with Gasteiger partial charge >= 0.3 is 0 Å². The Balaban J connectivity index is 1.72. The molecule has 2 aromatic rings. The van der Waals surface area contributed by atoms with Gasteiger partial charge in [0.05, 0.1) is 12.1 Å². The smallest absolute Gasteiger partial charge is 0.278 e. The number of aromatic nitrogens is 1. The Hall–Kier alpha value is -2.66. The monoisotopic (exact) mass is 395 g/mol. The second kappa shape index (κ2) is 7.76. The molecule has 0 unspecified atom stereocenters. The van der Waals surface area contributed by atoms with Crippen molar-refractivity contribution in [2.24, 2.45) is 5.92 Å². The van der Waals surface area contributed by atoms with Crippen molar-refractivity contribution < 1.29 is 9.59 Å². The van der Waals surface area contributed by atoms with Crippen LogP contribution >= 0.6 is 11.6 Å². The highest BCUT2D eigenvalue weighted by Gasteiger charge is 2.42. The number of pyridine rings is 1. The number of imide groups is 1. The molecular formula is C22H22ClN3O2. The Morgan fingerprint density at radius 1 is 1.00 bits per heavy atom. The largest absolute Gasteiger partial charge is 0.366 e. The van der Waals surface area contributed by atoms with E-state index in [2.05, 4.69) is 16.8 Å². The summed E-state index contributed by atoms with van der Waals surface area (Å²) in [6, 6.07) is 10.8. The molecule has 0 radical (unpaired) electrons. The van der Waals surface area contributed by atoms with E-state index in [4.69, 9.17) is 11.6 Å². The maximum Gasteiger partial charge on any atom is 0.278 e. The van der Waals surface area contributed by atoms with Crippen molar-refractivity contribution in [1.82, 2.24) is 14.8 Å². The Morgan fingerprint density at radius 2 is 1.64 bits per heavy atom. The number of carbonyl (C=O) groups excluding carboxylic acids is 2. The zero-order chi connectivity index (χ0) is 19.7. The van der Waals surface area contributed by atoms with Crippen LogP contribution in [0.4, 0.5) is 0 Å². The average Bonchev–Trinajstić information content (AvgIpc) is 2.95. The summed E-state index contributed by atoms with van der Waals surface area (Å²) in [7, 11) is 0. The van der Waals surface area contributed by atoms with Crippen molar-refractivity contribution in [3.05, 3.63) is 70.6 Å². The van der Waals surface area contributed by atoms with Gasteiger partial charge in [-0.3, -0.25) is 19.5 Å². The zero-order valence-corrected chi connectivity index (χ0v) is 16.5. The van der Waals surface area contributed by atoms with Gasteiger partial charge in [-0.05, 0) is 54.2 Å². The van der Waals surface area contributed by atoms with Crippen LogP contribution < -0.4 is 0 Å². The van der Waals surface area contributed by atoms with Gasteiger partial charge in [0.15, 0.2) is 0 Å². The third kappa shape index (κ3) is 3.54. The molecule has 0 saturated carbocycles. The number of piperidine rings is 1. The van der Waals surface area contributed by atoms with Gasteiger partial charge < -0.3 is 4.90 Å². The standard InChI is InChI=1S/C22H22ClN3O2/c1-15-8-12-25(13-9-15)20-19(17-2-4-18(23)5-3-17)21(27)26(22(20)28)14-16-6-10-24-11-7-16/h2-7,10-11,15H,8-9,12-14H2,1H3. The first kappa shape index (κ1) is 18.7. The molecule has 28 heavy (non-hydrogen) atoms. The number of benzene rings is 1. The minimum Gasteiger partial charge on any atom is -0.366 e. The quantitative estimate of drug-likeness (QED) is 0.740. The van der Waals surface area contributed by atoms with E-state index >= 15 is 0 Å². The van der Waals surface area contributed by atoms with E-state index in [1.165, 1.54) is 4.90 Å². The lowest BCUT2D eigenvalue weighted by atomic mass is 9.97. The predicted octanol–water partition coefficient (Wildman–Crippen LogP) is 3.75. The van der Waals surface area contributed by atoms with Crippen LogP contribution in [-0.4, -0.2) is 39.7 Å². The summed E-state index contributed by atoms with van der Waals surface area (Å²) in [5.41, 5.74) is 2.60. The molecule has 1 fully saturated rings. The van der Waals surface area contributed by atoms with Gasteiger partial charge in [0.2, 0.25) is 0 Å². The first-order chi connectivity index (χ1) is 13.5. The van der Waals surface area contributed by atoms with E-state index in [1.807, 2.05) is 24.3 Å². The molecule has 1 saturated heterocycles. The van der Waals surface area contributed by atoms with Crippen LogP contribution in [0.3, 0.4) is 0 Å². The summed E-state index contributed by atoms with van der Waals surface area (Å²) in [5.74, 6) is 0.162. The minimum atomic E-state index is -0.252. The lowest BCUT2D eigenvalue weighted by Gasteiger charge is -2.32. The molecule has 0 aliphatic carbocycles. The van der Waals surface area contributed by atoms with E-state index < -0.39 is 0 Å². The topological polar surface area (TPSA) is 53.5 Å². The number of hydrogen-bond donors (Lipinski definition) is 0. The molecule has 0 atom stereocenters. The number of halogens is 1. The SMILES string of the molecule is CC1CCN(C2=C(c3ccc(Cl)cc3)C(=O)N(Cc3ccncc3)C2=O)CC1. The maximum atomic E-state index is 13.3. The van der Waals surface area contributed by atoms with Gasteiger partial charge in [-0.1, -0.05) is 30.7 Å². The number of rotatable bonds is 4. The molecule has 4 rings (SSSR count). The van der Waals surface area contributed by atoms with Crippen molar-refractivity contribution in [1.29, 1.82) is 0 Å². The maximum absolute atomic E-state index is 13.3. The molecule has 2 aliphatic heterocycles. The van der Waals surface area contributed by atoms with Crippen molar-refractivity contribution in [3.63, 3.8) is 0 Å². The summed E-state index contributed by atoms with van der Waals surface area (Å²) in [4.78, 5) is 34.0. The van der Waals surface area contributed by atoms with Gasteiger partial charge in [0.1, 0.15) is 5.70 Å². The molecule has 3 heterocycles. The predicted molar refractivity (Wildman–Crippen MR) is 108 cm³/mol. The van der Waals surface area contributed by atoms with Gasteiger partial charge in [-0.2, -0.15) is 0 Å². The lowest BCUT2D eigenvalue weighted by molar-refractivity contribution is -0.138. The highest BCUT2D eigenvalue weighted by molar-refractivity contribution is 6.35. The van der Waals surface area contributed by atoms with Gasteiger partial charge in [-0.25, -0.2) is 0 Å². The minimum absolute atomic E-state index is 0.221. The summed E-state index contributed by atoms with van der Waals surface area (Å²) >= 11 is 6.03. The van der Waals surface area contributed by atoms with Gasteiger partial charge in [0.25, 0.3) is 11.8 Å². The fourth-order valence-corrected chi connectivity index (χ4v) is 3.91. The molecule has 0 spiro atoms. The van der Waals surface area contributed by atoms with Crippen LogP contribution in [0.2, 0.25) is 5.02 Å². The highest BCUT2D eigenvalue weighted by atomic mass is 35.5. The summed E-state index contributed by atoms with van der Waals surface area (Å²) < 4.78 is 0. The van der Waals surface area contributed by atoms with Gasteiger partial charge in [-0.15, -0.1) is 0 Å². The number of hydrogen-bond acceptors (Lipinski definition) is 4. The molecule has 2 amide bonds. The molecule has 1 aromatic heterocycles. The second-order valence-corrected chi connectivity index (χ2v) is 7.89. The number of likely N-dealkylation sites (tertiary alicyclic amines) is 1. The third-order valence-electron chi connectivity index (χ3n) is 5.47. The third-order valence-corrected chi connectivity index (χ3v) is 5.72. The average molecular weight is 396 g/mol. The first-order valence-electron chi connectivity index (χ1n) is 9.55. The second-order valence-electron chi connectivity index (χ2n) is 7.45. The van der Waals surface area contributed by atoms with Crippen LogP contribution in [0, 0.1) is 5.92 Å². The van der Waals surface area contributed by atoms with Crippen LogP contribution in [-0.2, 0) is 16.1 Å². The molecule has 144 valence electrons. The Morgan fingerprint density at radius 3 is 2.29 bits per heavy atom. The van der Waals surface area contributed by atoms with Crippen molar-refractivity contribution in [2.45, 2.75) is 26.3 Å². The zero-order valence-electron chi connectivity index (χ0n) is 15.8. The normalized spacial score (nSPS) is 18.4. The van der Waals surface area contributed by atoms with Crippen LogP contribution in [0.25, 0.3) is 5.57 Å². The number of amides is 2. The first-order valence-corrected chi connectivity index (χ1v) is 9.92. The van der Waals surface area contributed by atoms with E-state index in [0.29, 0.717) is 22.2 Å². The van der Waals surface area contributed by atoms with Crippen molar-refractivity contribution in [3.8, 4) is 0 Å². The summed E-state index contributed by atoms with van der Waals surface area (Å²) in [6.45, 7) is 4.04. The number of nitrogens with zero attached hydrogens (tertiary/aromatic N) is 3. The van der Waals surface area contributed by atoms with Crippen LogP contribution in [0.1, 0.15) is 30.9 Å². The van der Waals surface area contributed by atoms with E-state index in [9.17, 15) is 9.59 Å². The van der Waals surface area contributed by atoms with Crippen molar-refractivity contribution >= 4 is 29.0 Å². The molecular weight excluding hydrogens is 374 g/mol. The van der Waals surface area contributed by atoms with Crippen LogP contribution in [0.15, 0.2) is 54.5 Å². The molecule has 5 nitrogen and oxygen atoms in total. The Kier molecular flexibility index (Phi) is 5.18. The molecule has 0 N–H and O–H groups in total.